The Hall–Kier alpha value is -1.20. The van der Waals surface area contributed by atoms with Crippen LogP contribution >= 0.6 is 0 Å². The Bertz CT molecular complexity index is 568. The first-order chi connectivity index (χ1) is 13.5. The van der Waals surface area contributed by atoms with Crippen LogP contribution in [0.4, 0.5) is 5.82 Å². The van der Waals surface area contributed by atoms with Gasteiger partial charge in [-0.25, -0.2) is 9.97 Å². The van der Waals surface area contributed by atoms with Crippen molar-refractivity contribution in [3.05, 3.63) is 17.6 Å². The molecule has 0 spiro atoms. The van der Waals surface area contributed by atoms with E-state index in [1.165, 1.54) is 42.8 Å². The number of hydrogen-bond donors (Lipinski definition) is 0. The molecular weight excluding hydrogens is 346 g/mol. The van der Waals surface area contributed by atoms with Gasteiger partial charge in [0.15, 0.2) is 0 Å². The highest BCUT2D eigenvalue weighted by atomic mass is 15.3. The van der Waals surface area contributed by atoms with Crippen molar-refractivity contribution in [3.8, 4) is 0 Å². The summed E-state index contributed by atoms with van der Waals surface area (Å²) in [5, 5.41) is 0. The summed E-state index contributed by atoms with van der Waals surface area (Å²) in [6, 6.07) is 1.34. The number of piperazine rings is 1. The average molecular weight is 390 g/mol. The van der Waals surface area contributed by atoms with Gasteiger partial charge in [-0.15, -0.1) is 0 Å². The summed E-state index contributed by atoms with van der Waals surface area (Å²) >= 11 is 0. The molecule has 2 aliphatic rings. The molecule has 0 N–H and O–H groups in total. The van der Waals surface area contributed by atoms with E-state index in [1.54, 1.807) is 6.33 Å². The molecule has 5 nitrogen and oxygen atoms in total. The first-order valence-electron chi connectivity index (χ1n) is 11.6. The number of rotatable bonds is 6. The summed E-state index contributed by atoms with van der Waals surface area (Å²) in [7, 11) is 0. The van der Waals surface area contributed by atoms with Gasteiger partial charge in [-0.05, 0) is 33.1 Å². The van der Waals surface area contributed by atoms with Crippen LogP contribution < -0.4 is 4.90 Å². The van der Waals surface area contributed by atoms with Gasteiger partial charge < -0.3 is 4.90 Å². The Kier molecular flexibility index (Phi) is 9.66. The molecule has 28 heavy (non-hydrogen) atoms. The minimum atomic E-state index is 0.634. The van der Waals surface area contributed by atoms with Crippen molar-refractivity contribution in [2.45, 2.75) is 92.3 Å². The molecule has 2 atom stereocenters. The normalized spacial score (nSPS) is 20.1. The summed E-state index contributed by atoms with van der Waals surface area (Å²) in [4.78, 5) is 17.0. The van der Waals surface area contributed by atoms with Gasteiger partial charge in [0.2, 0.25) is 0 Å². The second-order valence-corrected chi connectivity index (χ2v) is 8.47. The predicted molar refractivity (Wildman–Crippen MR) is 120 cm³/mol. The molecule has 3 heterocycles. The van der Waals surface area contributed by atoms with Crippen LogP contribution in [0.1, 0.15) is 78.5 Å². The van der Waals surface area contributed by atoms with E-state index in [9.17, 15) is 0 Å². The van der Waals surface area contributed by atoms with Crippen molar-refractivity contribution >= 4 is 5.82 Å². The summed E-state index contributed by atoms with van der Waals surface area (Å²) in [6.07, 6.45) is 7.88. The van der Waals surface area contributed by atoms with Crippen LogP contribution in [0.2, 0.25) is 0 Å². The Labute approximate surface area is 173 Å². The van der Waals surface area contributed by atoms with Crippen LogP contribution in [0.3, 0.4) is 0 Å². The van der Waals surface area contributed by atoms with Gasteiger partial charge in [0.25, 0.3) is 0 Å². The number of anilines is 1. The summed E-state index contributed by atoms with van der Waals surface area (Å²) in [6.45, 7) is 20.1. The highest BCUT2D eigenvalue weighted by Gasteiger charge is 2.27. The number of aromatic nitrogens is 2. The molecule has 1 saturated heterocycles. The van der Waals surface area contributed by atoms with Gasteiger partial charge in [0.05, 0.1) is 5.69 Å². The van der Waals surface area contributed by atoms with E-state index in [0.717, 1.165) is 45.7 Å². The highest BCUT2D eigenvalue weighted by molar-refractivity contribution is 5.50. The first kappa shape index (κ1) is 23.1. The van der Waals surface area contributed by atoms with Crippen LogP contribution in [0.25, 0.3) is 0 Å². The zero-order valence-corrected chi connectivity index (χ0v) is 19.2. The smallest absolute Gasteiger partial charge is 0.135 e. The zero-order chi connectivity index (χ0) is 20.5. The molecule has 2 unspecified atom stereocenters. The van der Waals surface area contributed by atoms with Crippen molar-refractivity contribution in [2.24, 2.45) is 0 Å². The minimum absolute atomic E-state index is 0.634. The van der Waals surface area contributed by atoms with Gasteiger partial charge in [-0.2, -0.15) is 0 Å². The molecule has 5 heteroatoms. The van der Waals surface area contributed by atoms with Crippen molar-refractivity contribution < 1.29 is 0 Å². The van der Waals surface area contributed by atoms with E-state index in [2.05, 4.69) is 66.2 Å². The SMILES string of the molecule is CCC.CCCC(C)N1CCN(c2ncnc3c2CCN(C(C)CC)C3)CC1. The first-order valence-corrected chi connectivity index (χ1v) is 11.6. The van der Waals surface area contributed by atoms with Crippen LogP contribution in [0.15, 0.2) is 6.33 Å². The van der Waals surface area contributed by atoms with E-state index in [1.807, 2.05) is 0 Å². The van der Waals surface area contributed by atoms with E-state index in [4.69, 9.17) is 0 Å². The lowest BCUT2D eigenvalue weighted by atomic mass is 10.0. The fourth-order valence-electron chi connectivity index (χ4n) is 4.24. The van der Waals surface area contributed by atoms with Gasteiger partial charge in [0, 0.05) is 56.9 Å². The van der Waals surface area contributed by atoms with Crippen LogP contribution in [0, 0.1) is 0 Å². The maximum atomic E-state index is 4.69. The monoisotopic (exact) mass is 389 g/mol. The molecule has 1 fully saturated rings. The molecular formula is C23H43N5. The van der Waals surface area contributed by atoms with Gasteiger partial charge in [-0.3, -0.25) is 9.80 Å². The molecule has 0 saturated carbocycles. The summed E-state index contributed by atoms with van der Waals surface area (Å²) in [5.74, 6) is 1.21. The third-order valence-corrected chi connectivity index (χ3v) is 6.17. The molecule has 0 aliphatic carbocycles. The Balaban J connectivity index is 0.000000878. The summed E-state index contributed by atoms with van der Waals surface area (Å²) in [5.41, 5.74) is 2.65. The molecule has 160 valence electrons. The van der Waals surface area contributed by atoms with Crippen molar-refractivity contribution in [1.82, 2.24) is 19.8 Å². The third-order valence-electron chi connectivity index (χ3n) is 6.17. The fourth-order valence-corrected chi connectivity index (χ4v) is 4.24. The maximum Gasteiger partial charge on any atom is 0.135 e. The highest BCUT2D eigenvalue weighted by Crippen LogP contribution is 2.27. The van der Waals surface area contributed by atoms with Crippen molar-refractivity contribution in [1.29, 1.82) is 0 Å². The molecule has 0 amide bonds. The lowest BCUT2D eigenvalue weighted by Gasteiger charge is -2.40. The van der Waals surface area contributed by atoms with Crippen LogP contribution in [-0.4, -0.2) is 64.6 Å². The molecule has 0 radical (unpaired) electrons. The van der Waals surface area contributed by atoms with Crippen molar-refractivity contribution in [3.63, 3.8) is 0 Å². The Morgan fingerprint density at radius 2 is 1.57 bits per heavy atom. The molecule has 0 bridgehead atoms. The molecule has 0 aromatic carbocycles. The van der Waals surface area contributed by atoms with E-state index in [-0.39, 0.29) is 0 Å². The van der Waals surface area contributed by atoms with Gasteiger partial charge in [-0.1, -0.05) is 40.5 Å². The standard InChI is InChI=1S/C20H35N5.C3H8/c1-5-7-17(4)23-10-12-24(13-11-23)20-18-8-9-25(16(3)6-2)14-19(18)21-15-22-20;1-3-2/h15-17H,5-14H2,1-4H3;3H2,1-2H3. The maximum absolute atomic E-state index is 4.69. The Morgan fingerprint density at radius 1 is 0.893 bits per heavy atom. The second-order valence-electron chi connectivity index (χ2n) is 8.47. The molecule has 1 aromatic heterocycles. The fraction of sp³-hybridized carbons (Fsp3) is 0.826. The van der Waals surface area contributed by atoms with Crippen molar-refractivity contribution in [2.75, 3.05) is 37.6 Å². The molecule has 1 aromatic rings. The minimum Gasteiger partial charge on any atom is -0.354 e. The van der Waals surface area contributed by atoms with Gasteiger partial charge in [0.1, 0.15) is 12.1 Å². The Morgan fingerprint density at radius 3 is 2.18 bits per heavy atom. The predicted octanol–water partition coefficient (Wildman–Crippen LogP) is 4.36. The number of nitrogens with zero attached hydrogens (tertiary/aromatic N) is 5. The topological polar surface area (TPSA) is 35.5 Å². The largest absolute Gasteiger partial charge is 0.354 e. The number of fused-ring (bicyclic) bond motifs is 1. The number of hydrogen-bond acceptors (Lipinski definition) is 5. The molecule has 2 aliphatic heterocycles. The lowest BCUT2D eigenvalue weighted by molar-refractivity contribution is 0.181. The average Bonchev–Trinajstić information content (AvgIpc) is 2.73. The van der Waals surface area contributed by atoms with Gasteiger partial charge >= 0.3 is 0 Å². The quantitative estimate of drug-likeness (QED) is 0.722. The van der Waals surface area contributed by atoms with Crippen LogP contribution in [0.5, 0.6) is 0 Å². The third kappa shape index (κ3) is 5.90. The lowest BCUT2D eigenvalue weighted by Crippen LogP contribution is -2.50. The van der Waals surface area contributed by atoms with E-state index < -0.39 is 0 Å². The second kappa shape index (κ2) is 11.7. The molecule has 3 rings (SSSR count). The van der Waals surface area contributed by atoms with E-state index in [0.29, 0.717) is 12.1 Å². The zero-order valence-electron chi connectivity index (χ0n) is 19.2. The van der Waals surface area contributed by atoms with E-state index >= 15 is 0 Å². The summed E-state index contributed by atoms with van der Waals surface area (Å²) < 4.78 is 0. The van der Waals surface area contributed by atoms with Crippen LogP contribution in [-0.2, 0) is 13.0 Å².